The predicted octanol–water partition coefficient (Wildman–Crippen LogP) is 2.38. The van der Waals surface area contributed by atoms with Crippen molar-refractivity contribution in [3.8, 4) is 0 Å². The molecule has 0 aromatic carbocycles. The Labute approximate surface area is 120 Å². The summed E-state index contributed by atoms with van der Waals surface area (Å²) in [6.45, 7) is 1.57. The molecular formula is C13H14ClN3OS. The van der Waals surface area contributed by atoms with Crippen molar-refractivity contribution in [1.29, 1.82) is 0 Å². The number of amides is 1. The van der Waals surface area contributed by atoms with Crippen LogP contribution in [-0.4, -0.2) is 42.0 Å². The highest BCUT2D eigenvalue weighted by Crippen LogP contribution is 2.31. The Kier molecular flexibility index (Phi) is 3.43. The lowest BCUT2D eigenvalue weighted by Crippen LogP contribution is -2.33. The van der Waals surface area contributed by atoms with E-state index in [-0.39, 0.29) is 5.91 Å². The van der Waals surface area contributed by atoms with Crippen molar-refractivity contribution in [2.45, 2.75) is 12.5 Å². The quantitative estimate of drug-likeness (QED) is 0.925. The van der Waals surface area contributed by atoms with Gasteiger partial charge in [0.2, 0.25) is 0 Å². The van der Waals surface area contributed by atoms with Crippen molar-refractivity contribution < 1.29 is 4.79 Å². The van der Waals surface area contributed by atoms with Crippen LogP contribution in [0, 0.1) is 0 Å². The molecule has 3 rings (SSSR count). The number of carbonyl (C=O) groups excluding carboxylic acids is 1. The zero-order chi connectivity index (χ0) is 13.4. The van der Waals surface area contributed by atoms with E-state index in [0.29, 0.717) is 15.9 Å². The second kappa shape index (κ2) is 5.07. The molecule has 0 aliphatic carbocycles. The molecule has 1 unspecified atom stereocenters. The second-order valence-electron chi connectivity index (χ2n) is 4.64. The Morgan fingerprint density at radius 1 is 1.63 bits per heavy atom. The number of pyridine rings is 1. The summed E-state index contributed by atoms with van der Waals surface area (Å²) in [5, 5.41) is 3.87. The Morgan fingerprint density at radius 3 is 3.16 bits per heavy atom. The summed E-state index contributed by atoms with van der Waals surface area (Å²) in [7, 11) is 1.93. The van der Waals surface area contributed by atoms with Gasteiger partial charge in [-0.3, -0.25) is 9.78 Å². The van der Waals surface area contributed by atoms with Gasteiger partial charge in [-0.15, -0.1) is 11.3 Å². The zero-order valence-corrected chi connectivity index (χ0v) is 12.1. The molecule has 1 N–H and O–H groups in total. The van der Waals surface area contributed by atoms with E-state index in [9.17, 15) is 4.79 Å². The van der Waals surface area contributed by atoms with Crippen molar-refractivity contribution in [2.75, 3.05) is 20.1 Å². The predicted molar refractivity (Wildman–Crippen MR) is 78.0 cm³/mol. The minimum Gasteiger partial charge on any atom is -0.336 e. The van der Waals surface area contributed by atoms with E-state index in [1.807, 2.05) is 18.0 Å². The maximum absolute atomic E-state index is 12.4. The molecule has 3 heterocycles. The van der Waals surface area contributed by atoms with Crippen LogP contribution in [0.2, 0.25) is 5.02 Å². The average Bonchev–Trinajstić information content (AvgIpc) is 3.05. The molecule has 0 saturated carbocycles. The Hall–Kier alpha value is -1.17. The van der Waals surface area contributed by atoms with E-state index >= 15 is 0 Å². The van der Waals surface area contributed by atoms with Crippen LogP contribution in [0.1, 0.15) is 16.1 Å². The maximum Gasteiger partial charge on any atom is 0.264 e. The number of carbonyl (C=O) groups is 1. The van der Waals surface area contributed by atoms with E-state index in [4.69, 9.17) is 11.6 Å². The van der Waals surface area contributed by atoms with Gasteiger partial charge < -0.3 is 10.2 Å². The normalized spacial score (nSPS) is 19.3. The van der Waals surface area contributed by atoms with Crippen LogP contribution in [0.15, 0.2) is 18.3 Å². The second-order valence-corrected chi connectivity index (χ2v) is 6.10. The molecule has 100 valence electrons. The summed E-state index contributed by atoms with van der Waals surface area (Å²) in [6.07, 6.45) is 2.67. The van der Waals surface area contributed by atoms with Gasteiger partial charge in [-0.1, -0.05) is 11.6 Å². The first-order valence-electron chi connectivity index (χ1n) is 6.19. The highest BCUT2D eigenvalue weighted by Gasteiger charge is 2.27. The van der Waals surface area contributed by atoms with Crippen LogP contribution in [0.5, 0.6) is 0 Å². The molecule has 4 nitrogen and oxygen atoms in total. The van der Waals surface area contributed by atoms with Gasteiger partial charge in [0.15, 0.2) is 0 Å². The van der Waals surface area contributed by atoms with Crippen LogP contribution in [0.25, 0.3) is 10.2 Å². The van der Waals surface area contributed by atoms with E-state index in [1.165, 1.54) is 11.3 Å². The summed E-state index contributed by atoms with van der Waals surface area (Å²) >= 11 is 7.54. The Bertz CT molecular complexity index is 627. The average molecular weight is 296 g/mol. The molecule has 6 heteroatoms. The van der Waals surface area contributed by atoms with Gasteiger partial charge in [-0.25, -0.2) is 0 Å². The van der Waals surface area contributed by atoms with Crippen molar-refractivity contribution >= 4 is 39.1 Å². The summed E-state index contributed by atoms with van der Waals surface area (Å²) in [6, 6.07) is 3.99. The lowest BCUT2D eigenvalue weighted by Gasteiger charge is -2.14. The largest absolute Gasteiger partial charge is 0.336 e. The first-order chi connectivity index (χ1) is 9.19. The Morgan fingerprint density at radius 2 is 2.47 bits per heavy atom. The summed E-state index contributed by atoms with van der Waals surface area (Å²) < 4.78 is 0.886. The SMILES string of the molecule is CNC1CCN(C(=O)c2cc3nccc(Cl)c3s2)C1. The van der Waals surface area contributed by atoms with Gasteiger partial charge in [0.25, 0.3) is 5.91 Å². The minimum atomic E-state index is 0.0804. The fraction of sp³-hybridized carbons (Fsp3) is 0.385. The summed E-state index contributed by atoms with van der Waals surface area (Å²) in [4.78, 5) is 19.3. The number of nitrogens with one attached hydrogen (secondary N) is 1. The molecule has 1 aliphatic rings. The van der Waals surface area contributed by atoms with Gasteiger partial charge in [0.05, 0.1) is 20.1 Å². The van der Waals surface area contributed by atoms with E-state index < -0.39 is 0 Å². The number of likely N-dealkylation sites (tertiary alicyclic amines) is 1. The number of nitrogens with zero attached hydrogens (tertiary/aromatic N) is 2. The number of likely N-dealkylation sites (N-methyl/N-ethyl adjacent to an activating group) is 1. The van der Waals surface area contributed by atoms with Gasteiger partial charge in [0.1, 0.15) is 0 Å². The zero-order valence-electron chi connectivity index (χ0n) is 10.5. The van der Waals surface area contributed by atoms with Crippen LogP contribution in [-0.2, 0) is 0 Å². The van der Waals surface area contributed by atoms with Crippen molar-refractivity contribution in [3.05, 3.63) is 28.2 Å². The van der Waals surface area contributed by atoms with Gasteiger partial charge in [-0.05, 0) is 25.6 Å². The first kappa shape index (κ1) is 12.8. The number of fused-ring (bicyclic) bond motifs is 1. The highest BCUT2D eigenvalue weighted by atomic mass is 35.5. The monoisotopic (exact) mass is 295 g/mol. The molecule has 1 fully saturated rings. The van der Waals surface area contributed by atoms with Crippen molar-refractivity contribution in [1.82, 2.24) is 15.2 Å². The van der Waals surface area contributed by atoms with Gasteiger partial charge >= 0.3 is 0 Å². The smallest absolute Gasteiger partial charge is 0.264 e. The van der Waals surface area contributed by atoms with Crippen molar-refractivity contribution in [3.63, 3.8) is 0 Å². The van der Waals surface area contributed by atoms with Gasteiger partial charge in [0, 0.05) is 25.3 Å². The third-order valence-electron chi connectivity index (χ3n) is 3.46. The maximum atomic E-state index is 12.4. The third-order valence-corrected chi connectivity index (χ3v) is 5.03. The number of thiophene rings is 1. The number of aromatic nitrogens is 1. The van der Waals surface area contributed by atoms with Crippen LogP contribution in [0.4, 0.5) is 0 Å². The van der Waals surface area contributed by atoms with Crippen molar-refractivity contribution in [2.24, 2.45) is 0 Å². The first-order valence-corrected chi connectivity index (χ1v) is 7.39. The number of halogens is 1. The molecule has 1 aliphatic heterocycles. The van der Waals surface area contributed by atoms with E-state index in [0.717, 1.165) is 29.7 Å². The van der Waals surface area contributed by atoms with E-state index in [1.54, 1.807) is 12.3 Å². The molecule has 1 saturated heterocycles. The molecule has 2 aromatic rings. The van der Waals surface area contributed by atoms with Crippen LogP contribution < -0.4 is 5.32 Å². The lowest BCUT2D eigenvalue weighted by molar-refractivity contribution is 0.0794. The molecule has 1 atom stereocenters. The fourth-order valence-electron chi connectivity index (χ4n) is 2.35. The molecule has 19 heavy (non-hydrogen) atoms. The molecule has 2 aromatic heterocycles. The van der Waals surface area contributed by atoms with Crippen LogP contribution in [0.3, 0.4) is 0 Å². The number of hydrogen-bond donors (Lipinski definition) is 1. The molecular weight excluding hydrogens is 282 g/mol. The molecule has 0 radical (unpaired) electrons. The fourth-order valence-corrected chi connectivity index (χ4v) is 3.61. The number of hydrogen-bond acceptors (Lipinski definition) is 4. The summed E-state index contributed by atoms with van der Waals surface area (Å²) in [5.74, 6) is 0.0804. The van der Waals surface area contributed by atoms with Gasteiger partial charge in [-0.2, -0.15) is 0 Å². The standard InChI is InChI=1S/C13H14ClN3OS/c1-15-8-3-5-17(7-8)13(18)11-6-10-12(19-11)9(14)2-4-16-10/h2,4,6,8,15H,3,5,7H2,1H3. The van der Waals surface area contributed by atoms with Crippen LogP contribution >= 0.6 is 22.9 Å². The molecule has 1 amide bonds. The lowest BCUT2D eigenvalue weighted by atomic mass is 10.3. The van der Waals surface area contributed by atoms with E-state index in [2.05, 4.69) is 10.3 Å². The molecule has 0 spiro atoms. The third kappa shape index (κ3) is 2.33. The topological polar surface area (TPSA) is 45.2 Å². The number of rotatable bonds is 2. The highest BCUT2D eigenvalue weighted by molar-refractivity contribution is 7.21. The Balaban J connectivity index is 1.88. The summed E-state index contributed by atoms with van der Waals surface area (Å²) in [5.41, 5.74) is 0.796. The molecule has 0 bridgehead atoms. The minimum absolute atomic E-state index is 0.0804.